The van der Waals surface area contributed by atoms with Gasteiger partial charge in [0.15, 0.2) is 0 Å². The van der Waals surface area contributed by atoms with Gasteiger partial charge in [-0.05, 0) is 17.7 Å². The zero-order valence-electron chi connectivity index (χ0n) is 6.88. The van der Waals surface area contributed by atoms with E-state index in [2.05, 4.69) is 4.98 Å². The lowest BCUT2D eigenvalue weighted by atomic mass is 10.1. The lowest BCUT2D eigenvalue weighted by molar-refractivity contribution is 0.747. The van der Waals surface area contributed by atoms with Crippen molar-refractivity contribution in [1.29, 1.82) is 5.26 Å². The van der Waals surface area contributed by atoms with Gasteiger partial charge in [-0.25, -0.2) is 0 Å². The van der Waals surface area contributed by atoms with E-state index < -0.39 is 0 Å². The van der Waals surface area contributed by atoms with Crippen molar-refractivity contribution in [2.75, 3.05) is 0 Å². The molecule has 0 saturated heterocycles. The van der Waals surface area contributed by atoms with Crippen LogP contribution in [0.4, 0.5) is 0 Å². The molecule has 1 aromatic rings. The molecular formula is C8H11Cl2N3. The van der Waals surface area contributed by atoms with Gasteiger partial charge in [-0.3, -0.25) is 4.98 Å². The first-order valence-corrected chi connectivity index (χ1v) is 3.37. The van der Waals surface area contributed by atoms with Gasteiger partial charge in [-0.1, -0.05) is 0 Å². The lowest BCUT2D eigenvalue weighted by Crippen LogP contribution is -2.08. The molecule has 0 bridgehead atoms. The first kappa shape index (κ1) is 14.7. The van der Waals surface area contributed by atoms with Crippen LogP contribution in [0.2, 0.25) is 0 Å². The second-order valence-corrected chi connectivity index (χ2v) is 2.25. The van der Waals surface area contributed by atoms with Gasteiger partial charge in [0.2, 0.25) is 0 Å². The van der Waals surface area contributed by atoms with Gasteiger partial charge < -0.3 is 5.73 Å². The SMILES string of the molecule is Cl.Cl.N#CC[C@@H](N)c1ccncc1. The highest BCUT2D eigenvalue weighted by Gasteiger charge is 2.02. The minimum atomic E-state index is -0.178. The van der Waals surface area contributed by atoms with E-state index in [4.69, 9.17) is 11.0 Å². The molecule has 0 radical (unpaired) electrons. The third-order valence-electron chi connectivity index (χ3n) is 1.45. The molecule has 0 aromatic carbocycles. The summed E-state index contributed by atoms with van der Waals surface area (Å²) < 4.78 is 0. The Morgan fingerprint density at radius 3 is 2.38 bits per heavy atom. The average molecular weight is 220 g/mol. The van der Waals surface area contributed by atoms with E-state index >= 15 is 0 Å². The Balaban J connectivity index is 0. The van der Waals surface area contributed by atoms with Crippen LogP contribution in [0.1, 0.15) is 18.0 Å². The second-order valence-electron chi connectivity index (χ2n) is 2.25. The maximum Gasteiger partial charge on any atom is 0.0641 e. The fraction of sp³-hybridized carbons (Fsp3) is 0.250. The van der Waals surface area contributed by atoms with E-state index in [0.29, 0.717) is 6.42 Å². The third kappa shape index (κ3) is 4.69. The standard InChI is InChI=1S/C8H9N3.2ClH/c9-4-1-8(10)7-2-5-11-6-3-7;;/h2-3,5-6,8H,1,10H2;2*1H/t8-;;/m1../s1. The van der Waals surface area contributed by atoms with Gasteiger partial charge in [0.25, 0.3) is 0 Å². The summed E-state index contributed by atoms with van der Waals surface area (Å²) in [5.41, 5.74) is 6.62. The second kappa shape index (κ2) is 7.81. The van der Waals surface area contributed by atoms with Crippen LogP contribution in [0.3, 0.4) is 0 Å². The van der Waals surface area contributed by atoms with Crippen molar-refractivity contribution in [2.45, 2.75) is 12.5 Å². The number of rotatable bonds is 2. The molecule has 0 amide bonds. The Bertz CT molecular complexity index is 258. The first-order valence-electron chi connectivity index (χ1n) is 3.37. The van der Waals surface area contributed by atoms with Crippen LogP contribution in [-0.4, -0.2) is 4.98 Å². The smallest absolute Gasteiger partial charge is 0.0641 e. The highest BCUT2D eigenvalue weighted by molar-refractivity contribution is 5.85. The molecule has 0 unspecified atom stereocenters. The van der Waals surface area contributed by atoms with E-state index in [-0.39, 0.29) is 30.9 Å². The van der Waals surface area contributed by atoms with Crippen LogP contribution in [0.15, 0.2) is 24.5 Å². The number of aromatic nitrogens is 1. The number of pyridine rings is 1. The van der Waals surface area contributed by atoms with Gasteiger partial charge in [0, 0.05) is 18.4 Å². The van der Waals surface area contributed by atoms with Crippen LogP contribution in [-0.2, 0) is 0 Å². The van der Waals surface area contributed by atoms with E-state index in [0.717, 1.165) is 5.56 Å². The number of nitrogens with two attached hydrogens (primary N) is 1. The normalized spacial score (nSPS) is 10.2. The van der Waals surface area contributed by atoms with Gasteiger partial charge in [0.05, 0.1) is 12.5 Å². The van der Waals surface area contributed by atoms with Crippen molar-refractivity contribution in [3.8, 4) is 6.07 Å². The maximum atomic E-state index is 8.35. The van der Waals surface area contributed by atoms with Gasteiger partial charge >= 0.3 is 0 Å². The Morgan fingerprint density at radius 2 is 1.92 bits per heavy atom. The number of hydrogen-bond acceptors (Lipinski definition) is 3. The quantitative estimate of drug-likeness (QED) is 0.826. The number of hydrogen-bond donors (Lipinski definition) is 1. The lowest BCUT2D eigenvalue weighted by Gasteiger charge is -2.05. The van der Waals surface area contributed by atoms with Crippen molar-refractivity contribution in [2.24, 2.45) is 5.73 Å². The topological polar surface area (TPSA) is 62.7 Å². The highest BCUT2D eigenvalue weighted by Crippen LogP contribution is 2.10. The predicted octanol–water partition coefficient (Wildman–Crippen LogP) is 1.84. The van der Waals surface area contributed by atoms with E-state index in [9.17, 15) is 0 Å². The molecule has 0 aliphatic carbocycles. The van der Waals surface area contributed by atoms with Crippen molar-refractivity contribution < 1.29 is 0 Å². The summed E-state index contributed by atoms with van der Waals surface area (Å²) >= 11 is 0. The molecule has 2 N–H and O–H groups in total. The third-order valence-corrected chi connectivity index (χ3v) is 1.45. The predicted molar refractivity (Wildman–Crippen MR) is 55.9 cm³/mol. The summed E-state index contributed by atoms with van der Waals surface area (Å²) in [6, 6.07) is 5.49. The molecule has 5 heteroatoms. The molecule has 1 heterocycles. The molecule has 0 aliphatic heterocycles. The Kier molecular flexibility index (Phi) is 8.83. The number of halogens is 2. The summed E-state index contributed by atoms with van der Waals surface area (Å²) in [6.45, 7) is 0. The maximum absolute atomic E-state index is 8.35. The van der Waals surface area contributed by atoms with Crippen molar-refractivity contribution in [3.05, 3.63) is 30.1 Å². The zero-order valence-corrected chi connectivity index (χ0v) is 8.52. The van der Waals surface area contributed by atoms with Crippen LogP contribution in [0, 0.1) is 11.3 Å². The molecule has 1 rings (SSSR count). The van der Waals surface area contributed by atoms with Gasteiger partial charge in [-0.15, -0.1) is 24.8 Å². The molecule has 0 aliphatic rings. The molecule has 1 atom stereocenters. The Labute approximate surface area is 89.8 Å². The average Bonchev–Trinajstić information content (AvgIpc) is 2.07. The molecule has 72 valence electrons. The summed E-state index contributed by atoms with van der Waals surface area (Å²) in [6.07, 6.45) is 3.70. The minimum Gasteiger partial charge on any atom is -0.323 e. The van der Waals surface area contributed by atoms with Crippen LogP contribution < -0.4 is 5.73 Å². The fourth-order valence-electron chi connectivity index (χ4n) is 0.827. The summed E-state index contributed by atoms with van der Waals surface area (Å²) in [4.78, 5) is 3.85. The van der Waals surface area contributed by atoms with E-state index in [1.165, 1.54) is 0 Å². The Hall–Kier alpha value is -0.820. The summed E-state index contributed by atoms with van der Waals surface area (Å²) in [5, 5.41) is 8.35. The van der Waals surface area contributed by atoms with Crippen LogP contribution >= 0.6 is 24.8 Å². The molecule has 13 heavy (non-hydrogen) atoms. The van der Waals surface area contributed by atoms with Gasteiger partial charge in [-0.2, -0.15) is 5.26 Å². The molecule has 3 nitrogen and oxygen atoms in total. The van der Waals surface area contributed by atoms with Gasteiger partial charge in [0.1, 0.15) is 0 Å². The number of nitrogens with zero attached hydrogens (tertiary/aromatic N) is 2. The molecule has 0 fully saturated rings. The summed E-state index contributed by atoms with van der Waals surface area (Å²) in [7, 11) is 0. The minimum absolute atomic E-state index is 0. The van der Waals surface area contributed by atoms with Crippen molar-refractivity contribution in [1.82, 2.24) is 4.98 Å². The molecule has 0 spiro atoms. The number of nitriles is 1. The monoisotopic (exact) mass is 219 g/mol. The largest absolute Gasteiger partial charge is 0.323 e. The molecule has 0 saturated carbocycles. The van der Waals surface area contributed by atoms with Crippen molar-refractivity contribution in [3.63, 3.8) is 0 Å². The highest BCUT2D eigenvalue weighted by atomic mass is 35.5. The molecule has 1 aromatic heterocycles. The Morgan fingerprint density at radius 1 is 1.38 bits per heavy atom. The zero-order chi connectivity index (χ0) is 8.10. The first-order chi connectivity index (χ1) is 5.34. The van der Waals surface area contributed by atoms with E-state index in [1.807, 2.05) is 18.2 Å². The van der Waals surface area contributed by atoms with E-state index in [1.54, 1.807) is 12.4 Å². The van der Waals surface area contributed by atoms with Crippen LogP contribution in [0.25, 0.3) is 0 Å². The summed E-state index contributed by atoms with van der Waals surface area (Å²) in [5.74, 6) is 0. The van der Waals surface area contributed by atoms with Crippen LogP contribution in [0.5, 0.6) is 0 Å². The molecular weight excluding hydrogens is 209 g/mol. The fourth-order valence-corrected chi connectivity index (χ4v) is 0.827. The van der Waals surface area contributed by atoms with Crippen molar-refractivity contribution >= 4 is 24.8 Å².